The second kappa shape index (κ2) is 7.71. The second-order valence-electron chi connectivity index (χ2n) is 6.22. The van der Waals surface area contributed by atoms with Crippen LogP contribution in [0.2, 0.25) is 0 Å². The van der Waals surface area contributed by atoms with Crippen LogP contribution in [-0.4, -0.2) is 36.9 Å². The number of aromatic amines is 1. The summed E-state index contributed by atoms with van der Waals surface area (Å²) in [6, 6.07) is 11.4. The number of benzene rings is 1. The molecule has 0 unspecified atom stereocenters. The van der Waals surface area contributed by atoms with Gasteiger partial charge in [0.2, 0.25) is 5.16 Å². The molecule has 1 aromatic carbocycles. The van der Waals surface area contributed by atoms with Crippen molar-refractivity contribution in [2.45, 2.75) is 23.2 Å². The molecule has 0 saturated carbocycles. The predicted octanol–water partition coefficient (Wildman–Crippen LogP) is 4.16. The fraction of sp³-hybridized carbons (Fsp3) is 0.111. The molecule has 0 bridgehead atoms. The fourth-order valence-electron chi connectivity index (χ4n) is 2.57. The van der Waals surface area contributed by atoms with Crippen LogP contribution in [0, 0.1) is 6.92 Å². The molecule has 1 amide bonds. The number of carbonyl (C=O) groups excluding carboxylic acids is 1. The average Bonchev–Trinajstić information content (AvgIpc) is 3.31. The van der Waals surface area contributed by atoms with Crippen LogP contribution in [0.3, 0.4) is 0 Å². The number of nitrogens with zero attached hydrogens (tertiary/aromatic N) is 4. The van der Waals surface area contributed by atoms with Gasteiger partial charge < -0.3 is 10.6 Å². The maximum Gasteiger partial charge on any atom is 0.471 e. The number of hydrogen-bond donors (Lipinski definition) is 3. The molecular weight excluding hydrogens is 419 g/mol. The number of amides is 1. The van der Waals surface area contributed by atoms with Crippen molar-refractivity contribution in [1.82, 2.24) is 24.8 Å². The highest BCUT2D eigenvalue weighted by atomic mass is 32.2. The molecule has 0 fully saturated rings. The number of aromatic nitrogens is 5. The molecule has 8 nitrogen and oxygen atoms in total. The summed E-state index contributed by atoms with van der Waals surface area (Å²) in [5, 5.41) is 16.8. The van der Waals surface area contributed by atoms with Gasteiger partial charge in [-0.3, -0.25) is 9.89 Å². The van der Waals surface area contributed by atoms with E-state index in [1.54, 1.807) is 28.2 Å². The molecule has 154 valence electrons. The minimum atomic E-state index is -4.94. The van der Waals surface area contributed by atoms with Crippen LogP contribution >= 0.6 is 11.8 Å². The molecule has 3 N–H and O–H groups in total. The summed E-state index contributed by atoms with van der Waals surface area (Å²) in [5.74, 6) is -0.860. The van der Waals surface area contributed by atoms with Crippen molar-refractivity contribution < 1.29 is 18.0 Å². The number of aryl methyl sites for hydroxylation is 1. The van der Waals surface area contributed by atoms with Crippen LogP contribution in [0.5, 0.6) is 0 Å². The van der Waals surface area contributed by atoms with Gasteiger partial charge in [0.25, 0.3) is 0 Å². The topological polar surface area (TPSA) is 100 Å². The highest BCUT2D eigenvalue weighted by molar-refractivity contribution is 7.99. The van der Waals surface area contributed by atoms with E-state index in [9.17, 15) is 18.0 Å². The Morgan fingerprint density at radius 1 is 1.20 bits per heavy atom. The first-order chi connectivity index (χ1) is 14.3. The number of alkyl halides is 3. The Hall–Kier alpha value is -3.54. The van der Waals surface area contributed by atoms with Gasteiger partial charge in [0.1, 0.15) is 5.52 Å². The van der Waals surface area contributed by atoms with E-state index in [4.69, 9.17) is 0 Å². The van der Waals surface area contributed by atoms with Crippen molar-refractivity contribution in [3.63, 3.8) is 0 Å². The summed E-state index contributed by atoms with van der Waals surface area (Å²) in [6.45, 7) is 1.88. The molecule has 0 aliphatic carbocycles. The van der Waals surface area contributed by atoms with Crippen LogP contribution in [0.1, 0.15) is 5.69 Å². The normalized spacial score (nSPS) is 11.6. The van der Waals surface area contributed by atoms with Crippen LogP contribution in [0.4, 0.5) is 30.5 Å². The van der Waals surface area contributed by atoms with Crippen LogP contribution < -0.4 is 10.6 Å². The molecule has 3 heterocycles. The summed E-state index contributed by atoms with van der Waals surface area (Å²) >= 11 is 1.22. The molecule has 0 saturated heterocycles. The lowest BCUT2D eigenvalue weighted by atomic mass is 10.3. The summed E-state index contributed by atoms with van der Waals surface area (Å²) in [6.07, 6.45) is -3.17. The standard InChI is InChI=1S/C18H14F3N7OS/c1-10-9-14(26-25-10)23-15-13-3-2-8-28(13)27-17(24-15)30-12-6-4-11(5-7-12)22-16(29)18(19,20)21/h2-9H,1H3,(H,22,29)(H2,23,24,25,26,27). The molecular formula is C18H14F3N7OS. The summed E-state index contributed by atoms with van der Waals surface area (Å²) in [4.78, 5) is 16.2. The van der Waals surface area contributed by atoms with Crippen molar-refractivity contribution in [2.24, 2.45) is 0 Å². The van der Waals surface area contributed by atoms with Gasteiger partial charge in [-0.25, -0.2) is 9.50 Å². The smallest absolute Gasteiger partial charge is 0.322 e. The second-order valence-corrected chi connectivity index (χ2v) is 7.26. The molecule has 0 atom stereocenters. The summed E-state index contributed by atoms with van der Waals surface area (Å²) in [7, 11) is 0. The van der Waals surface area contributed by atoms with Crippen LogP contribution in [-0.2, 0) is 4.79 Å². The quantitative estimate of drug-likeness (QED) is 0.437. The number of nitrogens with one attached hydrogen (secondary N) is 3. The fourth-order valence-corrected chi connectivity index (χ4v) is 3.32. The van der Waals surface area contributed by atoms with Gasteiger partial charge in [-0.05, 0) is 55.1 Å². The van der Waals surface area contributed by atoms with Gasteiger partial charge >= 0.3 is 12.1 Å². The molecule has 3 aromatic heterocycles. The zero-order valence-corrected chi connectivity index (χ0v) is 16.2. The Bertz CT molecular complexity index is 1200. The zero-order valence-electron chi connectivity index (χ0n) is 15.4. The van der Waals surface area contributed by atoms with E-state index in [2.05, 4.69) is 25.6 Å². The number of anilines is 3. The van der Waals surface area contributed by atoms with Gasteiger partial charge in [0.05, 0.1) is 0 Å². The molecule has 0 aliphatic heterocycles. The summed E-state index contributed by atoms with van der Waals surface area (Å²) < 4.78 is 38.7. The third-order valence-electron chi connectivity index (χ3n) is 3.90. The first-order valence-corrected chi connectivity index (χ1v) is 9.40. The molecule has 30 heavy (non-hydrogen) atoms. The van der Waals surface area contributed by atoms with Gasteiger partial charge in [-0.1, -0.05) is 0 Å². The van der Waals surface area contributed by atoms with E-state index >= 15 is 0 Å². The lowest BCUT2D eigenvalue weighted by Gasteiger charge is -2.09. The maximum atomic E-state index is 12.4. The van der Waals surface area contributed by atoms with E-state index in [-0.39, 0.29) is 5.69 Å². The van der Waals surface area contributed by atoms with Gasteiger partial charge in [0, 0.05) is 28.5 Å². The number of fused-ring (bicyclic) bond motifs is 1. The van der Waals surface area contributed by atoms with Crippen LogP contribution in [0.25, 0.3) is 5.52 Å². The molecule has 12 heteroatoms. The Balaban J connectivity index is 1.54. The minimum Gasteiger partial charge on any atom is -0.322 e. The summed E-state index contributed by atoms with van der Waals surface area (Å²) in [5.41, 5.74) is 1.69. The van der Waals surface area contributed by atoms with E-state index in [0.29, 0.717) is 21.7 Å². The highest BCUT2D eigenvalue weighted by Gasteiger charge is 2.38. The van der Waals surface area contributed by atoms with Gasteiger partial charge in [0.15, 0.2) is 11.6 Å². The number of hydrogen-bond acceptors (Lipinski definition) is 6. The average molecular weight is 433 g/mol. The first kappa shape index (κ1) is 19.8. The largest absolute Gasteiger partial charge is 0.471 e. The predicted molar refractivity (Wildman–Crippen MR) is 105 cm³/mol. The maximum absolute atomic E-state index is 12.4. The van der Waals surface area contributed by atoms with Crippen molar-refractivity contribution in [1.29, 1.82) is 0 Å². The third kappa shape index (κ3) is 4.38. The van der Waals surface area contributed by atoms with E-state index in [1.807, 2.05) is 25.1 Å². The Morgan fingerprint density at radius 3 is 2.63 bits per heavy atom. The van der Waals surface area contributed by atoms with Crippen molar-refractivity contribution in [2.75, 3.05) is 10.6 Å². The minimum absolute atomic E-state index is 0.0414. The molecule has 0 radical (unpaired) electrons. The third-order valence-corrected chi connectivity index (χ3v) is 4.77. The van der Waals surface area contributed by atoms with E-state index in [1.165, 1.54) is 23.9 Å². The number of H-pyrrole nitrogens is 1. The SMILES string of the molecule is Cc1cc(Nc2nc(Sc3ccc(NC(=O)C(F)(F)F)cc3)nn3cccc23)n[nH]1. The number of rotatable bonds is 5. The highest BCUT2D eigenvalue weighted by Crippen LogP contribution is 2.29. The zero-order chi connectivity index (χ0) is 21.3. The molecule has 4 rings (SSSR count). The van der Waals surface area contributed by atoms with Gasteiger partial charge in [-0.2, -0.15) is 18.3 Å². The molecule has 0 spiro atoms. The Kier molecular flexibility index (Phi) is 5.08. The van der Waals surface area contributed by atoms with E-state index in [0.717, 1.165) is 11.2 Å². The number of carbonyl (C=O) groups is 1. The molecule has 0 aliphatic rings. The number of halogens is 3. The van der Waals surface area contributed by atoms with Crippen LogP contribution in [0.15, 0.2) is 58.7 Å². The van der Waals surface area contributed by atoms with Crippen molar-refractivity contribution >= 4 is 40.5 Å². The Labute approximate surface area is 171 Å². The Morgan fingerprint density at radius 2 is 1.97 bits per heavy atom. The van der Waals surface area contributed by atoms with E-state index < -0.39 is 12.1 Å². The first-order valence-electron chi connectivity index (χ1n) is 8.58. The monoisotopic (exact) mass is 433 g/mol. The van der Waals surface area contributed by atoms with Crippen molar-refractivity contribution in [3.8, 4) is 0 Å². The van der Waals surface area contributed by atoms with Gasteiger partial charge in [-0.15, -0.1) is 5.10 Å². The molecule has 4 aromatic rings. The van der Waals surface area contributed by atoms with Crippen molar-refractivity contribution in [3.05, 3.63) is 54.4 Å². The lowest BCUT2D eigenvalue weighted by Crippen LogP contribution is -2.29. The lowest BCUT2D eigenvalue weighted by molar-refractivity contribution is -0.167.